The Labute approximate surface area is 151 Å². The van der Waals surface area contributed by atoms with Crippen molar-refractivity contribution in [3.05, 3.63) is 35.9 Å². The van der Waals surface area contributed by atoms with Gasteiger partial charge >= 0.3 is 12.1 Å². The smallest absolute Gasteiger partial charge is 0.408 e. The van der Waals surface area contributed by atoms with Crippen LogP contribution in [0.2, 0.25) is 0 Å². The van der Waals surface area contributed by atoms with Crippen molar-refractivity contribution in [2.24, 2.45) is 0 Å². The molecule has 0 saturated carbocycles. The number of carbonyl (C=O) groups is 4. The summed E-state index contributed by atoms with van der Waals surface area (Å²) in [6.07, 6.45) is -0.821. The van der Waals surface area contributed by atoms with Crippen molar-refractivity contribution in [1.29, 1.82) is 0 Å². The lowest BCUT2D eigenvalue weighted by Crippen LogP contribution is -2.52. The number of aliphatic carboxylic acids is 1. The van der Waals surface area contributed by atoms with Gasteiger partial charge in [-0.2, -0.15) is 0 Å². The van der Waals surface area contributed by atoms with E-state index in [0.29, 0.717) is 6.29 Å². The molecule has 26 heavy (non-hydrogen) atoms. The van der Waals surface area contributed by atoms with Crippen LogP contribution in [-0.4, -0.2) is 47.0 Å². The van der Waals surface area contributed by atoms with Crippen LogP contribution in [0.4, 0.5) is 4.79 Å². The first-order valence-corrected chi connectivity index (χ1v) is 8.11. The number of alkyl carbamates (subject to hydrolysis) is 1. The van der Waals surface area contributed by atoms with E-state index in [0.717, 1.165) is 5.56 Å². The minimum atomic E-state index is -1.22. The maximum atomic E-state index is 12.5. The summed E-state index contributed by atoms with van der Waals surface area (Å²) in [6.45, 7) is 5.07. The Balaban J connectivity index is 2.87. The van der Waals surface area contributed by atoms with Gasteiger partial charge in [0, 0.05) is 6.42 Å². The first-order valence-electron chi connectivity index (χ1n) is 8.11. The van der Waals surface area contributed by atoms with E-state index in [-0.39, 0.29) is 6.42 Å². The van der Waals surface area contributed by atoms with Gasteiger partial charge in [0.1, 0.15) is 17.9 Å². The fourth-order valence-electron chi connectivity index (χ4n) is 2.11. The largest absolute Gasteiger partial charge is 0.481 e. The molecule has 2 atom stereocenters. The summed E-state index contributed by atoms with van der Waals surface area (Å²) in [7, 11) is 0. The quantitative estimate of drug-likeness (QED) is 0.597. The SMILES string of the molecule is CC(C)(C)OC(=O)N[C@H](Cc1ccccc1)C(=O)N[C@H](C=O)CC(=O)O. The lowest BCUT2D eigenvalue weighted by atomic mass is 10.0. The molecule has 2 amide bonds. The second kappa shape index (κ2) is 9.55. The number of ether oxygens (including phenoxy) is 1. The third kappa shape index (κ3) is 8.27. The van der Waals surface area contributed by atoms with Gasteiger partial charge < -0.3 is 25.3 Å². The summed E-state index contributed by atoms with van der Waals surface area (Å²) in [5, 5.41) is 13.6. The van der Waals surface area contributed by atoms with Crippen molar-refractivity contribution >= 4 is 24.3 Å². The van der Waals surface area contributed by atoms with Gasteiger partial charge in [0.2, 0.25) is 5.91 Å². The van der Waals surface area contributed by atoms with Crippen LogP contribution in [0, 0.1) is 0 Å². The highest BCUT2D eigenvalue weighted by atomic mass is 16.6. The van der Waals surface area contributed by atoms with Crippen LogP contribution in [0.3, 0.4) is 0 Å². The van der Waals surface area contributed by atoms with Gasteiger partial charge in [-0.25, -0.2) is 4.79 Å². The van der Waals surface area contributed by atoms with Crippen LogP contribution in [0.1, 0.15) is 32.8 Å². The molecule has 0 spiro atoms. The lowest BCUT2D eigenvalue weighted by Gasteiger charge is -2.24. The normalized spacial score (nSPS) is 13.2. The molecule has 0 aliphatic rings. The summed E-state index contributed by atoms with van der Waals surface area (Å²) in [5.41, 5.74) is 0.0385. The molecule has 3 N–H and O–H groups in total. The number of aldehydes is 1. The number of hydrogen-bond donors (Lipinski definition) is 3. The van der Waals surface area contributed by atoms with Gasteiger partial charge in [0.05, 0.1) is 12.5 Å². The molecule has 0 aliphatic heterocycles. The van der Waals surface area contributed by atoms with Crippen molar-refractivity contribution < 1.29 is 29.0 Å². The molecule has 0 bridgehead atoms. The van der Waals surface area contributed by atoms with Crippen molar-refractivity contribution in [3.63, 3.8) is 0 Å². The topological polar surface area (TPSA) is 122 Å². The summed E-state index contributed by atoms with van der Waals surface area (Å²) in [4.78, 5) is 46.2. The first-order chi connectivity index (χ1) is 12.1. The fraction of sp³-hybridized carbons (Fsp3) is 0.444. The maximum absolute atomic E-state index is 12.5. The highest BCUT2D eigenvalue weighted by Crippen LogP contribution is 2.09. The zero-order valence-electron chi connectivity index (χ0n) is 15.0. The summed E-state index contributed by atoms with van der Waals surface area (Å²) >= 11 is 0. The Morgan fingerprint density at radius 3 is 2.27 bits per heavy atom. The molecule has 0 radical (unpaired) electrons. The Hall–Kier alpha value is -2.90. The van der Waals surface area contributed by atoms with Gasteiger partial charge in [0.25, 0.3) is 0 Å². The van der Waals surface area contributed by atoms with E-state index in [9.17, 15) is 19.2 Å². The Morgan fingerprint density at radius 1 is 1.15 bits per heavy atom. The van der Waals surface area contributed by atoms with Gasteiger partial charge in [0.15, 0.2) is 0 Å². The van der Waals surface area contributed by atoms with E-state index in [1.54, 1.807) is 45.0 Å². The summed E-state index contributed by atoms with van der Waals surface area (Å²) in [6, 6.07) is 6.75. The molecule has 0 aliphatic carbocycles. The standard InChI is InChI=1S/C18H24N2O6/c1-18(2,3)26-17(25)20-14(9-12-7-5-4-6-8-12)16(24)19-13(11-21)10-15(22)23/h4-8,11,13-14H,9-10H2,1-3H3,(H,19,24)(H,20,25)(H,22,23)/t13-,14+/m0/s1. The number of benzene rings is 1. The minimum Gasteiger partial charge on any atom is -0.481 e. The molecule has 8 heteroatoms. The van der Waals surface area contributed by atoms with Crippen LogP contribution in [0.25, 0.3) is 0 Å². The molecular weight excluding hydrogens is 340 g/mol. The molecule has 0 saturated heterocycles. The van der Waals surface area contributed by atoms with E-state index in [1.807, 2.05) is 6.07 Å². The van der Waals surface area contributed by atoms with Crippen molar-refractivity contribution in [2.75, 3.05) is 0 Å². The van der Waals surface area contributed by atoms with Crippen molar-refractivity contribution in [2.45, 2.75) is 51.3 Å². The first kappa shape index (κ1) is 21.1. The number of carbonyl (C=O) groups excluding carboxylic acids is 3. The minimum absolute atomic E-state index is 0.157. The number of rotatable bonds is 8. The molecule has 1 aromatic carbocycles. The third-order valence-electron chi connectivity index (χ3n) is 3.18. The predicted octanol–water partition coefficient (Wildman–Crippen LogP) is 1.28. The number of carboxylic acid groups (broad SMARTS) is 1. The Bertz CT molecular complexity index is 639. The summed E-state index contributed by atoms with van der Waals surface area (Å²) < 4.78 is 5.16. The highest BCUT2D eigenvalue weighted by Gasteiger charge is 2.26. The van der Waals surface area contributed by atoms with Crippen LogP contribution >= 0.6 is 0 Å². The second-order valence-corrected chi connectivity index (χ2v) is 6.74. The number of amides is 2. The number of hydrogen-bond acceptors (Lipinski definition) is 5. The molecule has 0 fully saturated rings. The average Bonchev–Trinajstić information content (AvgIpc) is 2.52. The fourth-order valence-corrected chi connectivity index (χ4v) is 2.11. The predicted molar refractivity (Wildman–Crippen MR) is 93.6 cm³/mol. The molecule has 0 heterocycles. The van der Waals surface area contributed by atoms with Crippen molar-refractivity contribution in [3.8, 4) is 0 Å². The lowest BCUT2D eigenvalue weighted by molar-refractivity contribution is -0.139. The maximum Gasteiger partial charge on any atom is 0.408 e. The van der Waals surface area contributed by atoms with E-state index < -0.39 is 42.1 Å². The number of nitrogens with one attached hydrogen (secondary N) is 2. The molecule has 0 aromatic heterocycles. The van der Waals surface area contributed by atoms with Crippen LogP contribution in [-0.2, 0) is 25.5 Å². The molecule has 1 aromatic rings. The molecular formula is C18H24N2O6. The molecule has 142 valence electrons. The zero-order valence-corrected chi connectivity index (χ0v) is 15.0. The van der Waals surface area contributed by atoms with E-state index >= 15 is 0 Å². The van der Waals surface area contributed by atoms with Crippen LogP contribution in [0.15, 0.2) is 30.3 Å². The second-order valence-electron chi connectivity index (χ2n) is 6.74. The highest BCUT2D eigenvalue weighted by molar-refractivity contribution is 5.88. The monoisotopic (exact) mass is 364 g/mol. The Kier molecular flexibility index (Phi) is 7.77. The van der Waals surface area contributed by atoms with Crippen molar-refractivity contribution in [1.82, 2.24) is 10.6 Å². The molecule has 1 rings (SSSR count). The van der Waals surface area contributed by atoms with E-state index in [1.165, 1.54) is 0 Å². The van der Waals surface area contributed by atoms with Gasteiger partial charge in [-0.3, -0.25) is 9.59 Å². The van der Waals surface area contributed by atoms with Gasteiger partial charge in [-0.05, 0) is 26.3 Å². The molecule has 8 nitrogen and oxygen atoms in total. The van der Waals surface area contributed by atoms with Gasteiger partial charge in [-0.15, -0.1) is 0 Å². The van der Waals surface area contributed by atoms with Gasteiger partial charge in [-0.1, -0.05) is 30.3 Å². The van der Waals surface area contributed by atoms with E-state index in [2.05, 4.69) is 10.6 Å². The average molecular weight is 364 g/mol. The third-order valence-corrected chi connectivity index (χ3v) is 3.18. The zero-order chi connectivity index (χ0) is 19.7. The van der Waals surface area contributed by atoms with E-state index in [4.69, 9.17) is 9.84 Å². The van der Waals surface area contributed by atoms with Crippen LogP contribution in [0.5, 0.6) is 0 Å². The summed E-state index contributed by atoms with van der Waals surface area (Å²) in [5.74, 6) is -1.89. The number of carboxylic acids is 1. The van der Waals surface area contributed by atoms with Crippen LogP contribution < -0.4 is 10.6 Å². The Morgan fingerprint density at radius 2 is 1.77 bits per heavy atom. The molecule has 0 unspecified atom stereocenters.